The van der Waals surface area contributed by atoms with Crippen LogP contribution in [0.5, 0.6) is 0 Å². The Morgan fingerprint density at radius 3 is 3.10 bits per heavy atom. The molecule has 0 aliphatic carbocycles. The summed E-state index contributed by atoms with van der Waals surface area (Å²) < 4.78 is 0. The number of hydrogen-bond acceptors (Lipinski definition) is 1. The van der Waals surface area contributed by atoms with Crippen LogP contribution in [0.15, 0.2) is 0 Å². The lowest BCUT2D eigenvalue weighted by molar-refractivity contribution is -0.120. The number of amides is 1. The third-order valence-electron chi connectivity index (χ3n) is 1.83. The molecule has 2 unspecified atom stereocenters. The van der Waals surface area contributed by atoms with Gasteiger partial charge in [0.05, 0.1) is 4.83 Å². The summed E-state index contributed by atoms with van der Waals surface area (Å²) in [5.41, 5.74) is 0. The second-order valence-electron chi connectivity index (χ2n) is 2.89. The molecule has 3 heteroatoms. The van der Waals surface area contributed by atoms with Gasteiger partial charge < -0.3 is 5.32 Å². The van der Waals surface area contributed by atoms with Crippen molar-refractivity contribution in [2.24, 2.45) is 5.92 Å². The second-order valence-corrected chi connectivity index (χ2v) is 3.99. The third kappa shape index (κ3) is 1.97. The summed E-state index contributed by atoms with van der Waals surface area (Å²) in [6.45, 7) is 3.01. The monoisotopic (exact) mass is 205 g/mol. The van der Waals surface area contributed by atoms with Crippen molar-refractivity contribution in [1.29, 1.82) is 0 Å². The van der Waals surface area contributed by atoms with Crippen molar-refractivity contribution in [1.82, 2.24) is 5.32 Å². The molecule has 58 valence electrons. The molecule has 0 saturated carbocycles. The summed E-state index contributed by atoms with van der Waals surface area (Å²) in [6, 6.07) is 0. The molecule has 0 aromatic rings. The first-order valence-corrected chi connectivity index (χ1v) is 4.53. The number of hydrogen-bond donors (Lipinski definition) is 1. The van der Waals surface area contributed by atoms with E-state index >= 15 is 0 Å². The van der Waals surface area contributed by atoms with Crippen molar-refractivity contribution in [2.45, 2.75) is 24.6 Å². The largest absolute Gasteiger partial charge is 0.355 e. The fraction of sp³-hybridized carbons (Fsp3) is 0.857. The average molecular weight is 206 g/mol. The Morgan fingerprint density at radius 1 is 1.70 bits per heavy atom. The normalized spacial score (nSPS) is 34.8. The Hall–Kier alpha value is -0.0500. The standard InChI is InChI=1S/C7H12BrNO/c1-5-2-3-9-7(10)6(8)4-5/h5-6H,2-4H2,1H3,(H,9,10). The Bertz CT molecular complexity index is 138. The van der Waals surface area contributed by atoms with Crippen molar-refractivity contribution in [3.8, 4) is 0 Å². The zero-order valence-corrected chi connectivity index (χ0v) is 7.65. The lowest BCUT2D eigenvalue weighted by Gasteiger charge is -2.06. The molecule has 1 saturated heterocycles. The molecular formula is C7H12BrNO. The van der Waals surface area contributed by atoms with Crippen LogP contribution >= 0.6 is 15.9 Å². The number of carbonyl (C=O) groups is 1. The molecule has 1 amide bonds. The molecule has 2 nitrogen and oxygen atoms in total. The molecule has 1 aliphatic rings. The first kappa shape index (κ1) is 8.05. The van der Waals surface area contributed by atoms with Gasteiger partial charge in [0.2, 0.25) is 5.91 Å². The van der Waals surface area contributed by atoms with Crippen LogP contribution in [-0.2, 0) is 4.79 Å². The predicted molar refractivity (Wildman–Crippen MR) is 44.1 cm³/mol. The van der Waals surface area contributed by atoms with E-state index in [-0.39, 0.29) is 10.7 Å². The minimum Gasteiger partial charge on any atom is -0.355 e. The highest BCUT2D eigenvalue weighted by molar-refractivity contribution is 9.10. The quantitative estimate of drug-likeness (QED) is 0.594. The maximum atomic E-state index is 11.0. The molecule has 10 heavy (non-hydrogen) atoms. The molecule has 1 fully saturated rings. The van der Waals surface area contributed by atoms with E-state index in [2.05, 4.69) is 28.2 Å². The van der Waals surface area contributed by atoms with Gasteiger partial charge in [-0.3, -0.25) is 4.79 Å². The Morgan fingerprint density at radius 2 is 2.40 bits per heavy atom. The number of nitrogens with one attached hydrogen (secondary N) is 1. The van der Waals surface area contributed by atoms with Crippen LogP contribution in [0.1, 0.15) is 19.8 Å². The van der Waals surface area contributed by atoms with E-state index in [1.54, 1.807) is 0 Å². The Labute approximate surface area is 69.5 Å². The van der Waals surface area contributed by atoms with Crippen molar-refractivity contribution in [3.63, 3.8) is 0 Å². The van der Waals surface area contributed by atoms with Crippen molar-refractivity contribution >= 4 is 21.8 Å². The summed E-state index contributed by atoms with van der Waals surface area (Å²) in [5, 5.41) is 2.84. The van der Waals surface area contributed by atoms with Crippen LogP contribution < -0.4 is 5.32 Å². The minimum atomic E-state index is 0.0324. The smallest absolute Gasteiger partial charge is 0.233 e. The highest BCUT2D eigenvalue weighted by Crippen LogP contribution is 2.18. The molecule has 0 spiro atoms. The van der Waals surface area contributed by atoms with Crippen LogP contribution in [0.3, 0.4) is 0 Å². The number of alkyl halides is 1. The second kappa shape index (κ2) is 3.37. The van der Waals surface area contributed by atoms with Gasteiger partial charge in [-0.25, -0.2) is 0 Å². The van der Waals surface area contributed by atoms with Crippen LogP contribution in [0, 0.1) is 5.92 Å². The zero-order chi connectivity index (χ0) is 7.56. The van der Waals surface area contributed by atoms with E-state index in [0.717, 1.165) is 19.4 Å². The van der Waals surface area contributed by atoms with Gasteiger partial charge in [0.15, 0.2) is 0 Å². The van der Waals surface area contributed by atoms with Crippen LogP contribution in [0.25, 0.3) is 0 Å². The van der Waals surface area contributed by atoms with Gasteiger partial charge in [-0.15, -0.1) is 0 Å². The lowest BCUT2D eigenvalue weighted by atomic mass is 10.0. The summed E-state index contributed by atoms with van der Waals surface area (Å²) in [6.07, 6.45) is 2.07. The fourth-order valence-corrected chi connectivity index (χ4v) is 1.93. The molecule has 0 bridgehead atoms. The first-order chi connectivity index (χ1) is 4.70. The number of rotatable bonds is 0. The summed E-state index contributed by atoms with van der Waals surface area (Å²) >= 11 is 3.33. The molecule has 2 atom stereocenters. The molecule has 1 aliphatic heterocycles. The Kier molecular flexibility index (Phi) is 2.72. The van der Waals surface area contributed by atoms with E-state index in [0.29, 0.717) is 5.92 Å². The van der Waals surface area contributed by atoms with Gasteiger partial charge in [0.25, 0.3) is 0 Å². The number of halogens is 1. The van der Waals surface area contributed by atoms with E-state index in [1.165, 1.54) is 0 Å². The van der Waals surface area contributed by atoms with Crippen molar-refractivity contribution < 1.29 is 4.79 Å². The lowest BCUT2D eigenvalue weighted by Crippen LogP contribution is -2.28. The van der Waals surface area contributed by atoms with E-state index in [4.69, 9.17) is 0 Å². The van der Waals surface area contributed by atoms with Gasteiger partial charge in [-0.2, -0.15) is 0 Å². The summed E-state index contributed by atoms with van der Waals surface area (Å²) in [4.78, 5) is 11.0. The maximum absolute atomic E-state index is 11.0. The van der Waals surface area contributed by atoms with E-state index < -0.39 is 0 Å². The summed E-state index contributed by atoms with van der Waals surface area (Å²) in [5.74, 6) is 0.799. The van der Waals surface area contributed by atoms with Gasteiger partial charge >= 0.3 is 0 Å². The van der Waals surface area contributed by atoms with E-state index in [9.17, 15) is 4.79 Å². The fourth-order valence-electron chi connectivity index (χ4n) is 1.13. The molecule has 1 heterocycles. The minimum absolute atomic E-state index is 0.0324. The first-order valence-electron chi connectivity index (χ1n) is 3.62. The van der Waals surface area contributed by atoms with Crippen LogP contribution in [-0.4, -0.2) is 17.3 Å². The third-order valence-corrected chi connectivity index (χ3v) is 2.62. The SMILES string of the molecule is CC1CCNC(=O)C(Br)C1. The predicted octanol–water partition coefficient (Wildman–Crippen LogP) is 1.30. The number of carbonyl (C=O) groups excluding carboxylic acids is 1. The highest BCUT2D eigenvalue weighted by Gasteiger charge is 2.20. The molecule has 0 aromatic carbocycles. The van der Waals surface area contributed by atoms with Crippen LogP contribution in [0.4, 0.5) is 0 Å². The Balaban J connectivity index is 2.49. The van der Waals surface area contributed by atoms with Crippen molar-refractivity contribution in [2.75, 3.05) is 6.54 Å². The van der Waals surface area contributed by atoms with E-state index in [1.807, 2.05) is 0 Å². The average Bonchev–Trinajstić information content (AvgIpc) is 1.96. The van der Waals surface area contributed by atoms with Gasteiger partial charge in [-0.05, 0) is 18.8 Å². The van der Waals surface area contributed by atoms with Gasteiger partial charge in [0.1, 0.15) is 0 Å². The summed E-state index contributed by atoms with van der Waals surface area (Å²) in [7, 11) is 0. The molecule has 0 radical (unpaired) electrons. The maximum Gasteiger partial charge on any atom is 0.233 e. The highest BCUT2D eigenvalue weighted by atomic mass is 79.9. The van der Waals surface area contributed by atoms with Crippen LogP contribution in [0.2, 0.25) is 0 Å². The van der Waals surface area contributed by atoms with Gasteiger partial charge in [0, 0.05) is 6.54 Å². The molecular weight excluding hydrogens is 194 g/mol. The molecule has 0 aromatic heterocycles. The van der Waals surface area contributed by atoms with Crippen molar-refractivity contribution in [3.05, 3.63) is 0 Å². The van der Waals surface area contributed by atoms with Gasteiger partial charge in [-0.1, -0.05) is 22.9 Å². The topological polar surface area (TPSA) is 29.1 Å². The molecule has 1 N–H and O–H groups in total. The molecule has 1 rings (SSSR count). The zero-order valence-electron chi connectivity index (χ0n) is 6.06.